The van der Waals surface area contributed by atoms with Crippen LogP contribution in [0.25, 0.3) is 10.8 Å². The molecule has 1 aromatic carbocycles. The smallest absolute Gasteiger partial charge is 0.275 e. The number of piperidine rings is 1. The summed E-state index contributed by atoms with van der Waals surface area (Å²) >= 11 is 0. The van der Waals surface area contributed by atoms with Crippen molar-refractivity contribution in [1.29, 1.82) is 0 Å². The van der Waals surface area contributed by atoms with E-state index in [1.54, 1.807) is 17.0 Å². The standard InChI is InChI=1S/C19H26N4O2/c1-2-3-6-12-23-18(24)16-10-5-4-9-15(16)17(21-23)19(25)22-11-7-8-14(20)13-22/h4-5,9-10,14H,2-3,6-8,11-13,20H2,1H3. The van der Waals surface area contributed by atoms with Gasteiger partial charge in [-0.3, -0.25) is 9.59 Å². The predicted molar refractivity (Wildman–Crippen MR) is 98.6 cm³/mol. The third-order valence-corrected chi connectivity index (χ3v) is 4.79. The molecule has 6 heteroatoms. The molecule has 1 aliphatic heterocycles. The van der Waals surface area contributed by atoms with Crippen LogP contribution in [-0.4, -0.2) is 39.7 Å². The Labute approximate surface area is 147 Å². The highest BCUT2D eigenvalue weighted by atomic mass is 16.2. The van der Waals surface area contributed by atoms with Gasteiger partial charge in [-0.05, 0) is 25.3 Å². The number of hydrogen-bond donors (Lipinski definition) is 1. The third kappa shape index (κ3) is 3.74. The molecule has 1 aromatic heterocycles. The Bertz CT molecular complexity index is 815. The van der Waals surface area contributed by atoms with Crippen LogP contribution >= 0.6 is 0 Å². The molecule has 0 radical (unpaired) electrons. The van der Waals surface area contributed by atoms with Gasteiger partial charge in [-0.2, -0.15) is 5.10 Å². The predicted octanol–water partition coefficient (Wildman–Crippen LogP) is 2.15. The molecule has 6 nitrogen and oxygen atoms in total. The van der Waals surface area contributed by atoms with Gasteiger partial charge in [0.05, 0.1) is 5.39 Å². The number of rotatable bonds is 5. The topological polar surface area (TPSA) is 81.2 Å². The first-order valence-corrected chi connectivity index (χ1v) is 9.16. The second-order valence-corrected chi connectivity index (χ2v) is 6.78. The second kappa shape index (κ2) is 7.78. The summed E-state index contributed by atoms with van der Waals surface area (Å²) < 4.78 is 1.45. The van der Waals surface area contributed by atoms with Crippen molar-refractivity contribution in [3.8, 4) is 0 Å². The van der Waals surface area contributed by atoms with Crippen LogP contribution in [0.4, 0.5) is 0 Å². The highest BCUT2D eigenvalue weighted by Gasteiger charge is 2.26. The van der Waals surface area contributed by atoms with Gasteiger partial charge < -0.3 is 10.6 Å². The van der Waals surface area contributed by atoms with Crippen LogP contribution in [0.3, 0.4) is 0 Å². The number of nitrogens with zero attached hydrogens (tertiary/aromatic N) is 3. The minimum Gasteiger partial charge on any atom is -0.336 e. The Morgan fingerprint density at radius 2 is 2.04 bits per heavy atom. The molecule has 1 unspecified atom stereocenters. The van der Waals surface area contributed by atoms with Crippen LogP contribution in [0.5, 0.6) is 0 Å². The summed E-state index contributed by atoms with van der Waals surface area (Å²) in [6.07, 6.45) is 4.82. The average Bonchev–Trinajstić information content (AvgIpc) is 2.63. The minimum atomic E-state index is -0.129. The van der Waals surface area contributed by atoms with E-state index in [4.69, 9.17) is 5.73 Å². The quantitative estimate of drug-likeness (QED) is 0.844. The van der Waals surface area contributed by atoms with Gasteiger partial charge in [0, 0.05) is 31.1 Å². The fraction of sp³-hybridized carbons (Fsp3) is 0.526. The molecule has 0 aliphatic carbocycles. The number of carbonyl (C=O) groups excluding carboxylic acids is 1. The lowest BCUT2D eigenvalue weighted by molar-refractivity contribution is 0.0702. The van der Waals surface area contributed by atoms with E-state index in [2.05, 4.69) is 12.0 Å². The number of likely N-dealkylation sites (tertiary alicyclic amines) is 1. The zero-order chi connectivity index (χ0) is 17.8. The number of unbranched alkanes of at least 4 members (excludes halogenated alkanes) is 2. The Morgan fingerprint density at radius 1 is 1.28 bits per heavy atom. The summed E-state index contributed by atoms with van der Waals surface area (Å²) in [4.78, 5) is 27.5. The van der Waals surface area contributed by atoms with Crippen molar-refractivity contribution in [3.63, 3.8) is 0 Å². The first-order valence-electron chi connectivity index (χ1n) is 9.16. The van der Waals surface area contributed by atoms with Crippen molar-refractivity contribution in [3.05, 3.63) is 40.3 Å². The molecule has 3 rings (SSSR count). The van der Waals surface area contributed by atoms with Crippen LogP contribution in [0.2, 0.25) is 0 Å². The highest BCUT2D eigenvalue weighted by Crippen LogP contribution is 2.18. The van der Waals surface area contributed by atoms with Crippen LogP contribution in [0.1, 0.15) is 49.5 Å². The molecule has 1 fully saturated rings. The summed E-state index contributed by atoms with van der Waals surface area (Å²) in [6.45, 7) is 3.89. The number of fused-ring (bicyclic) bond motifs is 1. The van der Waals surface area contributed by atoms with E-state index < -0.39 is 0 Å². The number of benzene rings is 1. The molecule has 2 heterocycles. The van der Waals surface area contributed by atoms with Crippen molar-refractivity contribution in [2.75, 3.05) is 13.1 Å². The van der Waals surface area contributed by atoms with Gasteiger partial charge >= 0.3 is 0 Å². The molecule has 2 aromatic rings. The van der Waals surface area contributed by atoms with E-state index in [0.29, 0.717) is 36.1 Å². The summed E-state index contributed by atoms with van der Waals surface area (Å²) in [6, 6.07) is 7.25. The van der Waals surface area contributed by atoms with Crippen LogP contribution < -0.4 is 11.3 Å². The van der Waals surface area contributed by atoms with Crippen LogP contribution in [-0.2, 0) is 6.54 Å². The fourth-order valence-corrected chi connectivity index (χ4v) is 3.40. The maximum Gasteiger partial charge on any atom is 0.275 e. The molecule has 1 aliphatic rings. The molecule has 25 heavy (non-hydrogen) atoms. The van der Waals surface area contributed by atoms with E-state index in [9.17, 15) is 9.59 Å². The maximum atomic E-state index is 13.0. The van der Waals surface area contributed by atoms with Crippen molar-refractivity contribution in [2.45, 2.75) is 51.6 Å². The zero-order valence-corrected chi connectivity index (χ0v) is 14.8. The third-order valence-electron chi connectivity index (χ3n) is 4.79. The average molecular weight is 342 g/mol. The monoisotopic (exact) mass is 342 g/mol. The van der Waals surface area contributed by atoms with Gasteiger partial charge in [-0.1, -0.05) is 38.0 Å². The molecule has 0 spiro atoms. The summed E-state index contributed by atoms with van der Waals surface area (Å²) in [5.74, 6) is -0.129. The van der Waals surface area contributed by atoms with Gasteiger partial charge in [-0.15, -0.1) is 0 Å². The molecular weight excluding hydrogens is 316 g/mol. The van der Waals surface area contributed by atoms with Crippen LogP contribution in [0, 0.1) is 0 Å². The van der Waals surface area contributed by atoms with Gasteiger partial charge in [0.1, 0.15) is 0 Å². The molecule has 1 atom stereocenters. The van der Waals surface area contributed by atoms with Gasteiger partial charge in [0.25, 0.3) is 11.5 Å². The lowest BCUT2D eigenvalue weighted by Gasteiger charge is -2.30. The van der Waals surface area contributed by atoms with Crippen molar-refractivity contribution in [2.24, 2.45) is 5.73 Å². The molecule has 1 amide bonds. The van der Waals surface area contributed by atoms with Crippen molar-refractivity contribution >= 4 is 16.7 Å². The number of amides is 1. The number of aryl methyl sites for hydroxylation is 1. The minimum absolute atomic E-state index is 0.0134. The molecule has 134 valence electrons. The lowest BCUT2D eigenvalue weighted by atomic mass is 10.1. The van der Waals surface area contributed by atoms with E-state index in [1.165, 1.54) is 4.68 Å². The molecule has 1 saturated heterocycles. The Morgan fingerprint density at radius 3 is 2.76 bits per heavy atom. The van der Waals surface area contributed by atoms with E-state index in [1.807, 2.05) is 12.1 Å². The number of hydrogen-bond acceptors (Lipinski definition) is 4. The van der Waals surface area contributed by atoms with E-state index >= 15 is 0 Å². The molecule has 0 bridgehead atoms. The highest BCUT2D eigenvalue weighted by molar-refractivity contribution is 6.04. The van der Waals surface area contributed by atoms with Gasteiger partial charge in [-0.25, -0.2) is 4.68 Å². The van der Waals surface area contributed by atoms with Gasteiger partial charge in [0.15, 0.2) is 5.69 Å². The first-order chi connectivity index (χ1) is 12.1. The summed E-state index contributed by atoms with van der Waals surface area (Å²) in [5, 5.41) is 5.63. The Balaban J connectivity index is 2.02. The summed E-state index contributed by atoms with van der Waals surface area (Å²) in [7, 11) is 0. The zero-order valence-electron chi connectivity index (χ0n) is 14.8. The largest absolute Gasteiger partial charge is 0.336 e. The van der Waals surface area contributed by atoms with Gasteiger partial charge in [0.2, 0.25) is 0 Å². The number of nitrogens with two attached hydrogens (primary N) is 1. The number of carbonyl (C=O) groups is 1. The van der Waals surface area contributed by atoms with Crippen molar-refractivity contribution < 1.29 is 4.79 Å². The SMILES string of the molecule is CCCCCn1nc(C(=O)N2CCCC(N)C2)c2ccccc2c1=O. The normalized spacial score (nSPS) is 17.8. The number of aromatic nitrogens is 2. The Hall–Kier alpha value is -2.21. The molecular formula is C19H26N4O2. The van der Waals surface area contributed by atoms with Crippen LogP contribution in [0.15, 0.2) is 29.1 Å². The maximum absolute atomic E-state index is 13.0. The summed E-state index contributed by atoms with van der Waals surface area (Å²) in [5.41, 5.74) is 6.25. The Kier molecular flexibility index (Phi) is 5.48. The van der Waals surface area contributed by atoms with Crippen molar-refractivity contribution in [1.82, 2.24) is 14.7 Å². The first kappa shape index (κ1) is 17.6. The fourth-order valence-electron chi connectivity index (χ4n) is 3.40. The second-order valence-electron chi connectivity index (χ2n) is 6.78. The van der Waals surface area contributed by atoms with E-state index in [0.717, 1.165) is 32.1 Å². The lowest BCUT2D eigenvalue weighted by Crippen LogP contribution is -2.46. The molecule has 0 saturated carbocycles. The van der Waals surface area contributed by atoms with E-state index in [-0.39, 0.29) is 17.5 Å². The molecule has 2 N–H and O–H groups in total.